The number of aliphatic hydroxyl groups excluding tert-OH is 1. The molecule has 0 bridgehead atoms. The summed E-state index contributed by atoms with van der Waals surface area (Å²) in [6, 6.07) is 0. The molecule has 1 heterocycles. The van der Waals surface area contributed by atoms with Crippen molar-refractivity contribution in [3.05, 3.63) is 18.0 Å². The molecule has 1 rings (SSSR count). The van der Waals surface area contributed by atoms with Crippen LogP contribution in [0.5, 0.6) is 0 Å². The lowest BCUT2D eigenvalue weighted by molar-refractivity contribution is -0.753. The van der Waals surface area contributed by atoms with Crippen LogP contribution in [0.15, 0.2) is 12.4 Å². The molecule has 0 amide bonds. The third-order valence-electron chi connectivity index (χ3n) is 2.01. The van der Waals surface area contributed by atoms with Gasteiger partial charge in [-0.1, -0.05) is 0 Å². The number of ether oxygens (including phenoxy) is 1. The maximum atomic E-state index is 8.51. The van der Waals surface area contributed by atoms with E-state index >= 15 is 0 Å². The van der Waals surface area contributed by atoms with Crippen molar-refractivity contribution in [2.45, 2.75) is 13.1 Å². The predicted octanol–water partition coefficient (Wildman–Crippen LogP) is -1.22. The summed E-state index contributed by atoms with van der Waals surface area (Å²) in [5, 5.41) is 8.51. The van der Waals surface area contributed by atoms with Gasteiger partial charge in [-0.15, -0.1) is 4.68 Å². The number of aliphatic hydroxyl groups is 1. The van der Waals surface area contributed by atoms with E-state index in [2.05, 4.69) is 0 Å². The number of nitrogens with zero attached hydrogens (tertiary/aromatic N) is 2. The molecule has 3 N–H and O–H groups in total. The lowest BCUT2D eigenvalue weighted by Gasteiger charge is -2.01. The van der Waals surface area contributed by atoms with Crippen LogP contribution in [0.1, 0.15) is 5.56 Å². The minimum absolute atomic E-state index is 0.0753. The molecular formula is C9H18N3O2+. The summed E-state index contributed by atoms with van der Waals surface area (Å²) < 4.78 is 9.17. The van der Waals surface area contributed by atoms with Crippen molar-refractivity contribution in [2.24, 2.45) is 12.8 Å². The van der Waals surface area contributed by atoms with Crippen molar-refractivity contribution in [1.29, 1.82) is 0 Å². The molecule has 0 aromatic carbocycles. The topological polar surface area (TPSA) is 64.3 Å². The molecular weight excluding hydrogens is 182 g/mol. The van der Waals surface area contributed by atoms with Crippen LogP contribution in [0.25, 0.3) is 0 Å². The van der Waals surface area contributed by atoms with Gasteiger partial charge in [0, 0.05) is 6.54 Å². The Morgan fingerprint density at radius 1 is 1.57 bits per heavy atom. The Morgan fingerprint density at radius 3 is 2.93 bits per heavy atom. The Balaban J connectivity index is 2.38. The maximum Gasteiger partial charge on any atom is 0.199 e. The highest BCUT2D eigenvalue weighted by Crippen LogP contribution is 1.93. The number of nitrogens with two attached hydrogens (primary N) is 1. The van der Waals surface area contributed by atoms with Crippen LogP contribution in [0, 0.1) is 0 Å². The highest BCUT2D eigenvalue weighted by atomic mass is 16.5. The number of rotatable bonds is 6. The van der Waals surface area contributed by atoms with Crippen LogP contribution in [0.3, 0.4) is 0 Å². The Hall–Kier alpha value is -0.910. The summed E-state index contributed by atoms with van der Waals surface area (Å²) in [4.78, 5) is 0. The van der Waals surface area contributed by atoms with Gasteiger partial charge in [-0.3, -0.25) is 0 Å². The van der Waals surface area contributed by atoms with Crippen molar-refractivity contribution >= 4 is 0 Å². The SMILES string of the molecule is C[n+]1cc(CN)cn1CCOCCO. The average Bonchev–Trinajstić information content (AvgIpc) is 2.54. The van der Waals surface area contributed by atoms with Crippen molar-refractivity contribution in [2.75, 3.05) is 19.8 Å². The van der Waals surface area contributed by atoms with Crippen molar-refractivity contribution in [1.82, 2.24) is 4.68 Å². The first-order valence-electron chi connectivity index (χ1n) is 4.71. The van der Waals surface area contributed by atoms with E-state index < -0.39 is 0 Å². The van der Waals surface area contributed by atoms with Gasteiger partial charge in [0.05, 0.1) is 31.6 Å². The first kappa shape index (κ1) is 11.2. The standard InChI is InChI=1S/C9H18N3O2/c1-11-7-9(6-10)8-12(11)2-4-14-5-3-13/h7-8,13H,2-6,10H2,1H3/q+1. The molecule has 0 fully saturated rings. The zero-order valence-corrected chi connectivity index (χ0v) is 8.52. The van der Waals surface area contributed by atoms with E-state index in [1.807, 2.05) is 28.8 Å². The number of aryl methyl sites for hydroxylation is 1. The summed E-state index contributed by atoms with van der Waals surface area (Å²) >= 11 is 0. The monoisotopic (exact) mass is 200 g/mol. The van der Waals surface area contributed by atoms with Crippen LogP contribution in [-0.2, 0) is 24.9 Å². The predicted molar refractivity (Wildman–Crippen MR) is 51.4 cm³/mol. The smallest absolute Gasteiger partial charge is 0.199 e. The van der Waals surface area contributed by atoms with E-state index in [-0.39, 0.29) is 6.61 Å². The number of hydrogen-bond acceptors (Lipinski definition) is 3. The van der Waals surface area contributed by atoms with Crippen LogP contribution in [0.2, 0.25) is 0 Å². The summed E-state index contributed by atoms with van der Waals surface area (Å²) in [7, 11) is 1.96. The molecule has 0 radical (unpaired) electrons. The van der Waals surface area contributed by atoms with Crippen LogP contribution >= 0.6 is 0 Å². The fraction of sp³-hybridized carbons (Fsp3) is 0.667. The molecule has 1 aromatic rings. The maximum absolute atomic E-state index is 8.51. The van der Waals surface area contributed by atoms with Gasteiger partial charge in [0.1, 0.15) is 6.54 Å². The Bertz CT molecular complexity index is 273. The molecule has 5 heteroatoms. The molecule has 0 spiro atoms. The van der Waals surface area contributed by atoms with Gasteiger partial charge >= 0.3 is 0 Å². The summed E-state index contributed by atoms with van der Waals surface area (Å²) in [6.45, 7) is 2.41. The molecule has 0 saturated heterocycles. The van der Waals surface area contributed by atoms with Gasteiger partial charge in [0.15, 0.2) is 13.2 Å². The van der Waals surface area contributed by atoms with Gasteiger partial charge < -0.3 is 15.6 Å². The molecule has 0 aliphatic rings. The largest absolute Gasteiger partial charge is 0.394 e. The van der Waals surface area contributed by atoms with Crippen LogP contribution in [0.4, 0.5) is 0 Å². The molecule has 0 atom stereocenters. The second-order valence-electron chi connectivity index (χ2n) is 3.11. The molecule has 0 aliphatic carbocycles. The third-order valence-corrected chi connectivity index (χ3v) is 2.01. The van der Waals surface area contributed by atoms with E-state index in [9.17, 15) is 0 Å². The van der Waals surface area contributed by atoms with Crippen LogP contribution < -0.4 is 10.4 Å². The fourth-order valence-corrected chi connectivity index (χ4v) is 1.28. The Morgan fingerprint density at radius 2 is 2.36 bits per heavy atom. The molecule has 0 unspecified atom stereocenters. The van der Waals surface area contributed by atoms with Gasteiger partial charge in [-0.2, -0.15) is 4.68 Å². The van der Waals surface area contributed by atoms with E-state index in [1.165, 1.54) is 0 Å². The summed E-state index contributed by atoms with van der Waals surface area (Å²) in [5.41, 5.74) is 6.62. The molecule has 0 saturated carbocycles. The van der Waals surface area contributed by atoms with Crippen LogP contribution in [-0.4, -0.2) is 29.6 Å². The minimum Gasteiger partial charge on any atom is -0.394 e. The van der Waals surface area contributed by atoms with E-state index in [0.29, 0.717) is 19.8 Å². The van der Waals surface area contributed by atoms with Gasteiger partial charge in [0.25, 0.3) is 0 Å². The minimum atomic E-state index is 0.0753. The van der Waals surface area contributed by atoms with Gasteiger partial charge in [0.2, 0.25) is 0 Å². The number of aromatic nitrogens is 2. The molecule has 5 nitrogen and oxygen atoms in total. The lowest BCUT2D eigenvalue weighted by Crippen LogP contribution is -2.38. The van der Waals surface area contributed by atoms with E-state index in [0.717, 1.165) is 12.1 Å². The normalized spacial score (nSPS) is 10.8. The average molecular weight is 200 g/mol. The van der Waals surface area contributed by atoms with Gasteiger partial charge in [-0.25, -0.2) is 0 Å². The first-order valence-corrected chi connectivity index (χ1v) is 4.71. The highest BCUT2D eigenvalue weighted by molar-refractivity contribution is 4.98. The molecule has 14 heavy (non-hydrogen) atoms. The second-order valence-corrected chi connectivity index (χ2v) is 3.11. The van der Waals surface area contributed by atoms with Crippen molar-refractivity contribution < 1.29 is 14.5 Å². The summed E-state index contributed by atoms with van der Waals surface area (Å²) in [6.07, 6.45) is 3.99. The quantitative estimate of drug-likeness (QED) is 0.447. The Labute approximate surface area is 83.7 Å². The second kappa shape index (κ2) is 5.74. The van der Waals surface area contributed by atoms with Crippen molar-refractivity contribution in [3.8, 4) is 0 Å². The Kier molecular flexibility index (Phi) is 4.58. The lowest BCUT2D eigenvalue weighted by atomic mass is 10.4. The first-order chi connectivity index (χ1) is 6.77. The van der Waals surface area contributed by atoms with Gasteiger partial charge in [-0.05, 0) is 0 Å². The molecule has 1 aromatic heterocycles. The summed E-state index contributed by atoms with van der Waals surface area (Å²) in [5.74, 6) is 0. The van der Waals surface area contributed by atoms with Crippen molar-refractivity contribution in [3.63, 3.8) is 0 Å². The molecule has 0 aliphatic heterocycles. The third kappa shape index (κ3) is 3.10. The zero-order chi connectivity index (χ0) is 10.4. The van der Waals surface area contributed by atoms with E-state index in [4.69, 9.17) is 15.6 Å². The fourth-order valence-electron chi connectivity index (χ4n) is 1.28. The molecule has 80 valence electrons. The zero-order valence-electron chi connectivity index (χ0n) is 8.52. The van der Waals surface area contributed by atoms with E-state index in [1.54, 1.807) is 0 Å². The number of hydrogen-bond donors (Lipinski definition) is 2. The highest BCUT2D eigenvalue weighted by Gasteiger charge is 2.06.